The van der Waals surface area contributed by atoms with Crippen LogP contribution in [0.3, 0.4) is 0 Å². The Morgan fingerprint density at radius 3 is 2.61 bits per heavy atom. The first kappa shape index (κ1) is 14.4. The van der Waals surface area contributed by atoms with Gasteiger partial charge in [0.2, 0.25) is 0 Å². The molecule has 0 N–H and O–H groups in total. The van der Waals surface area contributed by atoms with Crippen LogP contribution in [0.2, 0.25) is 5.02 Å². The highest BCUT2D eigenvalue weighted by atomic mass is 79.9. The summed E-state index contributed by atoms with van der Waals surface area (Å²) in [4.78, 5) is 14.2. The molecule has 1 heterocycles. The maximum atomic E-state index is 12.3. The lowest BCUT2D eigenvalue weighted by molar-refractivity contribution is 0.0699. The number of likely N-dealkylation sites (tertiary alicyclic amines) is 1. The van der Waals surface area contributed by atoms with Gasteiger partial charge in [-0.3, -0.25) is 4.79 Å². The van der Waals surface area contributed by atoms with Crippen LogP contribution < -0.4 is 0 Å². The summed E-state index contributed by atoms with van der Waals surface area (Å²) in [6.45, 7) is 1.64. The lowest BCUT2D eigenvalue weighted by atomic mass is 9.98. The maximum Gasteiger partial charge on any atom is 0.255 e. The number of amides is 1. The molecule has 1 saturated heterocycles. The molecule has 18 heavy (non-hydrogen) atoms. The molecule has 1 aliphatic heterocycles. The smallest absolute Gasteiger partial charge is 0.255 e. The molecular formula is C13H14Br2ClNO. The lowest BCUT2D eigenvalue weighted by Crippen LogP contribution is -2.38. The summed E-state index contributed by atoms with van der Waals surface area (Å²) in [5.41, 5.74) is 0.595. The Morgan fingerprint density at radius 1 is 1.39 bits per heavy atom. The number of piperidine rings is 1. The highest BCUT2D eigenvalue weighted by Gasteiger charge is 2.24. The van der Waals surface area contributed by atoms with Gasteiger partial charge in [-0.25, -0.2) is 0 Å². The number of rotatable bonds is 2. The number of benzene rings is 1. The average molecular weight is 396 g/mol. The number of hydrogen-bond donors (Lipinski definition) is 0. The van der Waals surface area contributed by atoms with Crippen molar-refractivity contribution in [3.05, 3.63) is 33.3 Å². The maximum absolute atomic E-state index is 12.3. The first-order valence-electron chi connectivity index (χ1n) is 5.92. The summed E-state index contributed by atoms with van der Waals surface area (Å²) >= 11 is 13.0. The van der Waals surface area contributed by atoms with Crippen LogP contribution in [0, 0.1) is 5.92 Å². The molecule has 1 aliphatic rings. The van der Waals surface area contributed by atoms with Crippen LogP contribution in [-0.2, 0) is 0 Å². The molecule has 0 unspecified atom stereocenters. The van der Waals surface area contributed by atoms with E-state index in [-0.39, 0.29) is 5.91 Å². The predicted molar refractivity (Wildman–Crippen MR) is 81.6 cm³/mol. The van der Waals surface area contributed by atoms with Gasteiger partial charge < -0.3 is 4.90 Å². The minimum Gasteiger partial charge on any atom is -0.339 e. The van der Waals surface area contributed by atoms with Crippen LogP contribution in [0.25, 0.3) is 0 Å². The standard InChI is InChI=1S/C13H14Br2ClNO/c14-8-9-3-5-17(6-4-9)13(18)11-2-1-10(15)7-12(11)16/h1-2,7,9H,3-6,8H2. The van der Waals surface area contributed by atoms with Gasteiger partial charge in [0.1, 0.15) is 0 Å². The van der Waals surface area contributed by atoms with Gasteiger partial charge in [0.05, 0.1) is 10.6 Å². The second kappa shape index (κ2) is 6.40. The van der Waals surface area contributed by atoms with Crippen LogP contribution in [0.1, 0.15) is 23.2 Å². The quantitative estimate of drug-likeness (QED) is 0.682. The molecule has 0 aromatic heterocycles. The molecule has 98 valence electrons. The molecule has 1 aromatic carbocycles. The minimum absolute atomic E-state index is 0.0422. The van der Waals surface area contributed by atoms with Gasteiger partial charge in [0.15, 0.2) is 0 Å². The first-order chi connectivity index (χ1) is 8.61. The summed E-state index contributed by atoms with van der Waals surface area (Å²) in [7, 11) is 0. The summed E-state index contributed by atoms with van der Waals surface area (Å²) in [6, 6.07) is 5.40. The number of alkyl halides is 1. The SMILES string of the molecule is O=C(c1ccc(Br)cc1Cl)N1CCC(CBr)CC1. The minimum atomic E-state index is 0.0422. The fourth-order valence-electron chi connectivity index (χ4n) is 2.12. The van der Waals surface area contributed by atoms with Gasteiger partial charge in [-0.2, -0.15) is 0 Å². The van der Waals surface area contributed by atoms with E-state index >= 15 is 0 Å². The molecule has 5 heteroatoms. The van der Waals surface area contributed by atoms with E-state index in [4.69, 9.17) is 11.6 Å². The molecule has 0 saturated carbocycles. The van der Waals surface area contributed by atoms with Crippen molar-refractivity contribution >= 4 is 49.4 Å². The predicted octanol–water partition coefficient (Wildman–Crippen LogP) is 4.35. The Balaban J connectivity index is 2.08. The van der Waals surface area contributed by atoms with Crippen molar-refractivity contribution < 1.29 is 4.79 Å². The van der Waals surface area contributed by atoms with E-state index in [1.807, 2.05) is 11.0 Å². The molecule has 0 radical (unpaired) electrons. The zero-order valence-electron chi connectivity index (χ0n) is 9.83. The van der Waals surface area contributed by atoms with Gasteiger partial charge in [-0.15, -0.1) is 0 Å². The topological polar surface area (TPSA) is 20.3 Å². The molecular weight excluding hydrogens is 381 g/mol. The number of hydrogen-bond acceptors (Lipinski definition) is 1. The van der Waals surface area contributed by atoms with Crippen LogP contribution in [0.15, 0.2) is 22.7 Å². The van der Waals surface area contributed by atoms with Crippen LogP contribution in [0.4, 0.5) is 0 Å². The number of carbonyl (C=O) groups is 1. The van der Waals surface area contributed by atoms with Crippen molar-refractivity contribution in [1.82, 2.24) is 4.90 Å². The highest BCUT2D eigenvalue weighted by Crippen LogP contribution is 2.25. The van der Waals surface area contributed by atoms with Crippen molar-refractivity contribution in [2.45, 2.75) is 12.8 Å². The second-order valence-electron chi connectivity index (χ2n) is 4.51. The molecule has 0 bridgehead atoms. The van der Waals surface area contributed by atoms with Crippen molar-refractivity contribution in [2.75, 3.05) is 18.4 Å². The fraction of sp³-hybridized carbons (Fsp3) is 0.462. The highest BCUT2D eigenvalue weighted by molar-refractivity contribution is 9.10. The summed E-state index contributed by atoms with van der Waals surface area (Å²) < 4.78 is 0.891. The number of nitrogens with zero attached hydrogens (tertiary/aromatic N) is 1. The van der Waals surface area contributed by atoms with E-state index < -0.39 is 0 Å². The third-order valence-corrected chi connectivity index (χ3v) is 5.00. The van der Waals surface area contributed by atoms with Crippen LogP contribution in [-0.4, -0.2) is 29.2 Å². The van der Waals surface area contributed by atoms with E-state index in [0.29, 0.717) is 16.5 Å². The first-order valence-corrected chi connectivity index (χ1v) is 8.21. The Morgan fingerprint density at radius 2 is 2.06 bits per heavy atom. The third-order valence-electron chi connectivity index (χ3n) is 3.28. The van der Waals surface area contributed by atoms with Crippen LogP contribution >= 0.6 is 43.5 Å². The average Bonchev–Trinajstić information content (AvgIpc) is 2.38. The molecule has 1 fully saturated rings. The molecule has 2 rings (SSSR count). The molecule has 1 amide bonds. The molecule has 1 aromatic rings. The van der Waals surface area contributed by atoms with E-state index in [9.17, 15) is 4.79 Å². The summed E-state index contributed by atoms with van der Waals surface area (Å²) in [5, 5.41) is 1.53. The second-order valence-corrected chi connectivity index (χ2v) is 6.48. The monoisotopic (exact) mass is 393 g/mol. The Hall–Kier alpha value is -0.0600. The van der Waals surface area contributed by atoms with Gasteiger partial charge in [0, 0.05) is 22.9 Å². The van der Waals surface area contributed by atoms with Gasteiger partial charge in [-0.05, 0) is 37.0 Å². The van der Waals surface area contributed by atoms with E-state index in [0.717, 1.165) is 35.7 Å². The van der Waals surface area contributed by atoms with Crippen molar-refractivity contribution in [3.63, 3.8) is 0 Å². The zero-order valence-corrected chi connectivity index (χ0v) is 13.8. The molecule has 0 atom stereocenters. The fourth-order valence-corrected chi connectivity index (χ4v) is 3.53. The third kappa shape index (κ3) is 3.28. The molecule has 0 aliphatic carbocycles. The lowest BCUT2D eigenvalue weighted by Gasteiger charge is -2.31. The Labute approximate surface area is 129 Å². The zero-order chi connectivity index (χ0) is 13.1. The summed E-state index contributed by atoms with van der Waals surface area (Å²) in [5.74, 6) is 0.731. The Bertz CT molecular complexity index is 445. The van der Waals surface area contributed by atoms with Gasteiger partial charge in [0.25, 0.3) is 5.91 Å². The van der Waals surface area contributed by atoms with Crippen LogP contribution in [0.5, 0.6) is 0 Å². The largest absolute Gasteiger partial charge is 0.339 e. The van der Waals surface area contributed by atoms with Crippen molar-refractivity contribution in [3.8, 4) is 0 Å². The number of halogens is 3. The number of carbonyl (C=O) groups excluding carboxylic acids is 1. The molecule has 2 nitrogen and oxygen atoms in total. The van der Waals surface area contributed by atoms with Gasteiger partial charge in [-0.1, -0.05) is 43.5 Å². The van der Waals surface area contributed by atoms with E-state index in [2.05, 4.69) is 31.9 Å². The van der Waals surface area contributed by atoms with Crippen molar-refractivity contribution in [1.29, 1.82) is 0 Å². The van der Waals surface area contributed by atoms with E-state index in [1.165, 1.54) is 0 Å². The summed E-state index contributed by atoms with van der Waals surface area (Å²) in [6.07, 6.45) is 2.12. The van der Waals surface area contributed by atoms with Gasteiger partial charge >= 0.3 is 0 Å². The molecule has 0 spiro atoms. The normalized spacial score (nSPS) is 16.9. The Kier molecular flexibility index (Phi) is 5.10. The van der Waals surface area contributed by atoms with E-state index in [1.54, 1.807) is 12.1 Å². The van der Waals surface area contributed by atoms with Crippen molar-refractivity contribution in [2.24, 2.45) is 5.92 Å².